The van der Waals surface area contributed by atoms with E-state index in [0.717, 1.165) is 12.8 Å². The van der Waals surface area contributed by atoms with Crippen LogP contribution in [-0.4, -0.2) is 46.6 Å². The molecule has 0 unspecified atom stereocenters. The number of ether oxygens (including phenoxy) is 1. The molecule has 116 valence electrons. The van der Waals surface area contributed by atoms with Gasteiger partial charge in [0.2, 0.25) is 17.8 Å². The first-order valence-corrected chi connectivity index (χ1v) is 7.20. The fraction of sp³-hybridized carbons (Fsp3) is 0.692. The Kier molecular flexibility index (Phi) is 5.13. The van der Waals surface area contributed by atoms with E-state index >= 15 is 0 Å². The van der Waals surface area contributed by atoms with Gasteiger partial charge in [-0.3, -0.25) is 4.79 Å². The van der Waals surface area contributed by atoms with Gasteiger partial charge in [0.1, 0.15) is 0 Å². The van der Waals surface area contributed by atoms with Gasteiger partial charge in [0, 0.05) is 26.1 Å². The molecule has 0 bridgehead atoms. The van der Waals surface area contributed by atoms with Crippen molar-refractivity contribution in [2.24, 2.45) is 0 Å². The zero-order chi connectivity index (χ0) is 15.2. The average molecular weight is 294 g/mol. The van der Waals surface area contributed by atoms with Crippen molar-refractivity contribution in [3.8, 4) is 6.01 Å². The zero-order valence-corrected chi connectivity index (χ0v) is 12.6. The van der Waals surface area contributed by atoms with Crippen molar-refractivity contribution >= 4 is 17.8 Å². The largest absolute Gasteiger partial charge is 0.461 e. The van der Waals surface area contributed by atoms with Gasteiger partial charge >= 0.3 is 6.01 Å². The fourth-order valence-corrected chi connectivity index (χ4v) is 1.63. The van der Waals surface area contributed by atoms with E-state index in [2.05, 4.69) is 30.9 Å². The zero-order valence-electron chi connectivity index (χ0n) is 12.6. The molecule has 1 aromatic heterocycles. The minimum absolute atomic E-state index is 0.0192. The third kappa shape index (κ3) is 5.41. The van der Waals surface area contributed by atoms with Crippen molar-refractivity contribution < 1.29 is 9.53 Å². The molecule has 0 radical (unpaired) electrons. The van der Waals surface area contributed by atoms with Gasteiger partial charge in [-0.15, -0.1) is 0 Å². The molecule has 0 aromatic carbocycles. The first-order chi connectivity index (χ1) is 10.1. The molecule has 0 spiro atoms. The number of aromatic nitrogens is 3. The maximum atomic E-state index is 11.6. The van der Waals surface area contributed by atoms with Crippen LogP contribution in [0, 0.1) is 0 Å². The van der Waals surface area contributed by atoms with E-state index in [1.54, 1.807) is 7.05 Å². The third-order valence-electron chi connectivity index (χ3n) is 2.76. The maximum Gasteiger partial charge on any atom is 0.323 e. The highest BCUT2D eigenvalue weighted by Gasteiger charge is 2.22. The van der Waals surface area contributed by atoms with E-state index in [1.807, 2.05) is 13.8 Å². The topological polar surface area (TPSA) is 101 Å². The lowest BCUT2D eigenvalue weighted by Gasteiger charge is -2.11. The van der Waals surface area contributed by atoms with Crippen molar-refractivity contribution in [1.29, 1.82) is 0 Å². The number of amides is 1. The van der Waals surface area contributed by atoms with Crippen LogP contribution in [0.4, 0.5) is 11.9 Å². The summed E-state index contributed by atoms with van der Waals surface area (Å²) in [4.78, 5) is 24.0. The lowest BCUT2D eigenvalue weighted by atomic mass is 10.4. The number of hydrogen-bond acceptors (Lipinski definition) is 7. The number of carbonyl (C=O) groups is 1. The summed E-state index contributed by atoms with van der Waals surface area (Å²) in [6.45, 7) is 4.27. The smallest absolute Gasteiger partial charge is 0.323 e. The minimum atomic E-state index is -0.0192. The predicted molar refractivity (Wildman–Crippen MR) is 79.4 cm³/mol. The van der Waals surface area contributed by atoms with Crippen LogP contribution in [-0.2, 0) is 4.79 Å². The molecule has 0 saturated heterocycles. The van der Waals surface area contributed by atoms with Gasteiger partial charge in [0.05, 0.1) is 6.10 Å². The lowest BCUT2D eigenvalue weighted by Crippen LogP contribution is -2.27. The Morgan fingerprint density at radius 2 is 2.00 bits per heavy atom. The molecule has 1 aromatic rings. The summed E-state index contributed by atoms with van der Waals surface area (Å²) in [5.74, 6) is 0.862. The summed E-state index contributed by atoms with van der Waals surface area (Å²) >= 11 is 0. The molecule has 2 rings (SSSR count). The maximum absolute atomic E-state index is 11.6. The van der Waals surface area contributed by atoms with Crippen molar-refractivity contribution in [3.05, 3.63) is 0 Å². The van der Waals surface area contributed by atoms with Crippen LogP contribution < -0.4 is 20.7 Å². The Bertz CT molecular complexity index is 490. The van der Waals surface area contributed by atoms with Gasteiger partial charge < -0.3 is 20.7 Å². The van der Waals surface area contributed by atoms with E-state index in [-0.39, 0.29) is 18.0 Å². The summed E-state index contributed by atoms with van der Waals surface area (Å²) < 4.78 is 5.46. The number of carbonyl (C=O) groups excluding carboxylic acids is 1. The molecule has 21 heavy (non-hydrogen) atoms. The van der Waals surface area contributed by atoms with Crippen LogP contribution >= 0.6 is 0 Å². The highest BCUT2D eigenvalue weighted by atomic mass is 16.5. The van der Waals surface area contributed by atoms with E-state index in [9.17, 15) is 4.79 Å². The molecule has 1 aliphatic carbocycles. The van der Waals surface area contributed by atoms with Gasteiger partial charge in [-0.2, -0.15) is 15.0 Å². The van der Waals surface area contributed by atoms with Crippen molar-refractivity contribution in [2.75, 3.05) is 24.2 Å². The van der Waals surface area contributed by atoms with Crippen LogP contribution in [0.1, 0.15) is 33.1 Å². The minimum Gasteiger partial charge on any atom is -0.461 e. The van der Waals surface area contributed by atoms with Crippen molar-refractivity contribution in [1.82, 2.24) is 20.3 Å². The quantitative estimate of drug-likeness (QED) is 0.651. The predicted octanol–water partition coefficient (Wildman–Crippen LogP) is 0.781. The van der Waals surface area contributed by atoms with Crippen LogP contribution in [0.2, 0.25) is 0 Å². The second-order valence-corrected chi connectivity index (χ2v) is 5.20. The Balaban J connectivity index is 1.86. The second-order valence-electron chi connectivity index (χ2n) is 5.20. The molecule has 0 atom stereocenters. The molecular formula is C13H22N6O2. The SMILES string of the molecule is CNc1nc(NCCC(=O)NC2CC2)nc(OC(C)C)n1. The van der Waals surface area contributed by atoms with Gasteiger partial charge in [-0.25, -0.2) is 0 Å². The fourth-order valence-electron chi connectivity index (χ4n) is 1.63. The first kappa shape index (κ1) is 15.3. The molecule has 8 nitrogen and oxygen atoms in total. The van der Waals surface area contributed by atoms with E-state index < -0.39 is 0 Å². The summed E-state index contributed by atoms with van der Waals surface area (Å²) in [6.07, 6.45) is 2.55. The van der Waals surface area contributed by atoms with Gasteiger partial charge in [0.15, 0.2) is 0 Å². The highest BCUT2D eigenvalue weighted by Crippen LogP contribution is 2.18. The Morgan fingerprint density at radius 3 is 2.62 bits per heavy atom. The van der Waals surface area contributed by atoms with Gasteiger partial charge in [-0.1, -0.05) is 0 Å². The molecule has 1 fully saturated rings. The Hall–Kier alpha value is -2.12. The molecular weight excluding hydrogens is 272 g/mol. The molecule has 0 aliphatic heterocycles. The standard InChI is InChI=1S/C13H22N6O2/c1-8(2)21-13-18-11(14-3)17-12(19-13)15-7-6-10(20)16-9-4-5-9/h8-9H,4-7H2,1-3H3,(H,16,20)(H2,14,15,17,18,19). The number of anilines is 2. The highest BCUT2D eigenvalue weighted by molar-refractivity contribution is 5.77. The summed E-state index contributed by atoms with van der Waals surface area (Å²) in [7, 11) is 1.72. The molecule has 8 heteroatoms. The van der Waals surface area contributed by atoms with Crippen molar-refractivity contribution in [2.45, 2.75) is 45.3 Å². The van der Waals surface area contributed by atoms with E-state index in [0.29, 0.717) is 30.9 Å². The molecule has 1 amide bonds. The summed E-state index contributed by atoms with van der Waals surface area (Å²) in [5.41, 5.74) is 0. The number of rotatable bonds is 8. The first-order valence-electron chi connectivity index (χ1n) is 7.20. The normalized spacial score (nSPS) is 13.9. The van der Waals surface area contributed by atoms with Crippen LogP contribution in [0.25, 0.3) is 0 Å². The Labute approximate surface area is 124 Å². The second kappa shape index (κ2) is 7.05. The van der Waals surface area contributed by atoms with E-state index in [1.165, 1.54) is 0 Å². The monoisotopic (exact) mass is 294 g/mol. The number of nitrogens with one attached hydrogen (secondary N) is 3. The average Bonchev–Trinajstić information content (AvgIpc) is 3.21. The molecule has 1 aliphatic rings. The lowest BCUT2D eigenvalue weighted by molar-refractivity contribution is -0.120. The van der Waals surface area contributed by atoms with Crippen molar-refractivity contribution in [3.63, 3.8) is 0 Å². The molecule has 3 N–H and O–H groups in total. The number of hydrogen-bond donors (Lipinski definition) is 3. The summed E-state index contributed by atoms with van der Waals surface area (Å²) in [6, 6.07) is 0.644. The molecule has 1 saturated carbocycles. The summed E-state index contributed by atoms with van der Waals surface area (Å²) in [5, 5.41) is 8.80. The van der Waals surface area contributed by atoms with E-state index in [4.69, 9.17) is 4.74 Å². The van der Waals surface area contributed by atoms with Crippen LogP contribution in [0.3, 0.4) is 0 Å². The molecule has 1 heterocycles. The third-order valence-corrected chi connectivity index (χ3v) is 2.76. The number of nitrogens with zero attached hydrogens (tertiary/aromatic N) is 3. The van der Waals surface area contributed by atoms with Crippen LogP contribution in [0.5, 0.6) is 6.01 Å². The van der Waals surface area contributed by atoms with Crippen LogP contribution in [0.15, 0.2) is 0 Å². The van der Waals surface area contributed by atoms with Gasteiger partial charge in [0.25, 0.3) is 0 Å². The van der Waals surface area contributed by atoms with Gasteiger partial charge in [-0.05, 0) is 26.7 Å². The Morgan fingerprint density at radius 1 is 1.29 bits per heavy atom.